The van der Waals surface area contributed by atoms with Gasteiger partial charge in [-0.2, -0.15) is 0 Å². The number of fused-ring (bicyclic) bond motifs is 1. The molecule has 4 nitrogen and oxygen atoms in total. The van der Waals surface area contributed by atoms with Gasteiger partial charge in [0.15, 0.2) is 0 Å². The largest absolute Gasteiger partial charge is 0.477 e. The molecule has 1 aliphatic rings. The number of aromatic carboxylic acids is 1. The van der Waals surface area contributed by atoms with Crippen molar-refractivity contribution in [1.82, 2.24) is 4.40 Å². The molecular formula is C14H12FNO3. The summed E-state index contributed by atoms with van der Waals surface area (Å²) in [5.74, 6) is -1.54. The molecule has 3 rings (SSSR count). The lowest BCUT2D eigenvalue weighted by molar-refractivity contribution is 0.0694. The van der Waals surface area contributed by atoms with Crippen LogP contribution in [0.1, 0.15) is 40.2 Å². The van der Waals surface area contributed by atoms with E-state index in [9.17, 15) is 19.1 Å². The van der Waals surface area contributed by atoms with Crippen LogP contribution in [0, 0.1) is 12.7 Å². The first-order valence-electron chi connectivity index (χ1n) is 6.08. The molecule has 1 aliphatic carbocycles. The minimum Gasteiger partial charge on any atom is -0.477 e. The van der Waals surface area contributed by atoms with Gasteiger partial charge in [-0.25, -0.2) is 9.18 Å². The zero-order chi connectivity index (χ0) is 13.7. The molecule has 0 saturated heterocycles. The highest BCUT2D eigenvalue weighted by Crippen LogP contribution is 2.43. The van der Waals surface area contributed by atoms with E-state index in [-0.39, 0.29) is 11.5 Å². The number of pyridine rings is 2. The van der Waals surface area contributed by atoms with Gasteiger partial charge in [0.1, 0.15) is 11.4 Å². The van der Waals surface area contributed by atoms with Crippen molar-refractivity contribution >= 4 is 11.5 Å². The van der Waals surface area contributed by atoms with Crippen molar-refractivity contribution < 1.29 is 14.3 Å². The van der Waals surface area contributed by atoms with Crippen molar-refractivity contribution in [3.05, 3.63) is 51.2 Å². The average molecular weight is 261 g/mol. The van der Waals surface area contributed by atoms with Gasteiger partial charge in [0.2, 0.25) is 0 Å². The van der Waals surface area contributed by atoms with Crippen LogP contribution in [0.25, 0.3) is 5.52 Å². The number of carbonyl (C=O) groups is 1. The number of hydrogen-bond donors (Lipinski definition) is 1. The van der Waals surface area contributed by atoms with Gasteiger partial charge in [-0.3, -0.25) is 9.20 Å². The van der Waals surface area contributed by atoms with E-state index in [4.69, 9.17) is 0 Å². The normalized spacial score (nSPS) is 14.8. The summed E-state index contributed by atoms with van der Waals surface area (Å²) in [6.07, 6.45) is 3.01. The predicted octanol–water partition coefficient (Wildman–Crippen LogP) is 2.32. The third kappa shape index (κ3) is 1.73. The second-order valence-corrected chi connectivity index (χ2v) is 4.90. The lowest BCUT2D eigenvalue weighted by atomic mass is 9.99. The average Bonchev–Trinajstić information content (AvgIpc) is 3.14. The molecule has 5 heteroatoms. The van der Waals surface area contributed by atoms with Gasteiger partial charge in [0.25, 0.3) is 5.56 Å². The molecule has 2 aromatic rings. The molecule has 1 fully saturated rings. The third-order valence-corrected chi connectivity index (χ3v) is 3.60. The molecule has 0 unspecified atom stereocenters. The molecule has 0 aliphatic heterocycles. The number of aromatic nitrogens is 1. The maximum absolute atomic E-state index is 13.3. The molecule has 0 spiro atoms. The second kappa shape index (κ2) is 3.91. The van der Waals surface area contributed by atoms with Gasteiger partial charge in [0, 0.05) is 6.20 Å². The first-order valence-corrected chi connectivity index (χ1v) is 6.08. The van der Waals surface area contributed by atoms with E-state index in [0.717, 1.165) is 29.0 Å². The zero-order valence-corrected chi connectivity index (χ0v) is 10.3. The van der Waals surface area contributed by atoms with Crippen LogP contribution in [-0.2, 0) is 0 Å². The minimum absolute atomic E-state index is 0.259. The molecule has 1 N–H and O–H groups in total. The predicted molar refractivity (Wildman–Crippen MR) is 67.3 cm³/mol. The fourth-order valence-electron chi connectivity index (χ4n) is 2.61. The summed E-state index contributed by atoms with van der Waals surface area (Å²) in [5, 5.41) is 9.19. The zero-order valence-electron chi connectivity index (χ0n) is 10.3. The maximum atomic E-state index is 13.3. The van der Waals surface area contributed by atoms with Crippen molar-refractivity contribution in [2.45, 2.75) is 25.7 Å². The third-order valence-electron chi connectivity index (χ3n) is 3.60. The summed E-state index contributed by atoms with van der Waals surface area (Å²) < 4.78 is 14.4. The van der Waals surface area contributed by atoms with E-state index in [1.54, 1.807) is 13.0 Å². The molecular weight excluding hydrogens is 249 g/mol. The van der Waals surface area contributed by atoms with E-state index in [1.165, 1.54) is 6.07 Å². The number of nitrogens with zero attached hydrogens (tertiary/aromatic N) is 1. The van der Waals surface area contributed by atoms with Gasteiger partial charge < -0.3 is 5.11 Å². The van der Waals surface area contributed by atoms with Crippen molar-refractivity contribution in [2.24, 2.45) is 0 Å². The Morgan fingerprint density at radius 3 is 2.68 bits per heavy atom. The fraction of sp³-hybridized carbons (Fsp3) is 0.286. The first kappa shape index (κ1) is 11.9. The van der Waals surface area contributed by atoms with E-state index >= 15 is 0 Å². The van der Waals surface area contributed by atoms with Gasteiger partial charge >= 0.3 is 5.97 Å². The Bertz CT molecular complexity index is 759. The van der Waals surface area contributed by atoms with Crippen molar-refractivity contribution in [1.29, 1.82) is 0 Å². The standard InChI is InChI=1S/C14H12FNO3/c1-7-11(8-2-3-8)10-5-4-9(15)6-16(10)13(17)12(7)14(18)19/h4-6,8H,2-3H2,1H3,(H,18,19). The lowest BCUT2D eigenvalue weighted by Gasteiger charge is -2.13. The number of halogens is 1. The monoisotopic (exact) mass is 261 g/mol. The molecule has 2 aromatic heterocycles. The SMILES string of the molecule is Cc1c(C(=O)O)c(=O)n2cc(F)ccc2c1C1CC1. The van der Waals surface area contributed by atoms with Gasteiger partial charge in [-0.1, -0.05) is 0 Å². The van der Waals surface area contributed by atoms with Gasteiger partial charge in [-0.05, 0) is 48.9 Å². The van der Waals surface area contributed by atoms with Crippen LogP contribution in [0.2, 0.25) is 0 Å². The highest BCUT2D eigenvalue weighted by atomic mass is 19.1. The second-order valence-electron chi connectivity index (χ2n) is 4.90. The van der Waals surface area contributed by atoms with E-state index in [2.05, 4.69) is 0 Å². The molecule has 1 saturated carbocycles. The van der Waals surface area contributed by atoms with Crippen LogP contribution in [0.4, 0.5) is 4.39 Å². The Kier molecular flexibility index (Phi) is 2.45. The smallest absolute Gasteiger partial charge is 0.341 e. The summed E-state index contributed by atoms with van der Waals surface area (Å²) in [7, 11) is 0. The van der Waals surface area contributed by atoms with E-state index in [1.807, 2.05) is 0 Å². The van der Waals surface area contributed by atoms with Crippen LogP contribution in [-0.4, -0.2) is 15.5 Å². The minimum atomic E-state index is -1.26. The molecule has 0 bridgehead atoms. The highest BCUT2D eigenvalue weighted by molar-refractivity contribution is 5.90. The van der Waals surface area contributed by atoms with Gasteiger partial charge in [-0.15, -0.1) is 0 Å². The Morgan fingerprint density at radius 1 is 1.42 bits per heavy atom. The summed E-state index contributed by atoms with van der Waals surface area (Å²) in [6.45, 7) is 1.65. The molecule has 0 atom stereocenters. The van der Waals surface area contributed by atoms with E-state index < -0.39 is 17.3 Å². The molecule has 0 amide bonds. The number of hydrogen-bond acceptors (Lipinski definition) is 2. The van der Waals surface area contributed by atoms with Crippen LogP contribution in [0.3, 0.4) is 0 Å². The number of rotatable bonds is 2. The van der Waals surface area contributed by atoms with Crippen molar-refractivity contribution in [2.75, 3.05) is 0 Å². The summed E-state index contributed by atoms with van der Waals surface area (Å²) in [4.78, 5) is 23.4. The van der Waals surface area contributed by atoms with Gasteiger partial charge in [0.05, 0.1) is 5.52 Å². The maximum Gasteiger partial charge on any atom is 0.341 e. The van der Waals surface area contributed by atoms with Crippen LogP contribution >= 0.6 is 0 Å². The Balaban J connectivity index is 2.51. The van der Waals surface area contributed by atoms with Crippen LogP contribution in [0.5, 0.6) is 0 Å². The highest BCUT2D eigenvalue weighted by Gasteiger charge is 2.31. The van der Waals surface area contributed by atoms with Crippen LogP contribution in [0.15, 0.2) is 23.1 Å². The Hall–Kier alpha value is -2.17. The summed E-state index contributed by atoms with van der Waals surface area (Å²) >= 11 is 0. The fourth-order valence-corrected chi connectivity index (χ4v) is 2.61. The first-order chi connectivity index (χ1) is 9.00. The van der Waals surface area contributed by atoms with Crippen molar-refractivity contribution in [3.8, 4) is 0 Å². The van der Waals surface area contributed by atoms with E-state index in [0.29, 0.717) is 11.1 Å². The topological polar surface area (TPSA) is 58.8 Å². The molecule has 0 aromatic carbocycles. The Morgan fingerprint density at radius 2 is 2.11 bits per heavy atom. The van der Waals surface area contributed by atoms with Crippen molar-refractivity contribution in [3.63, 3.8) is 0 Å². The summed E-state index contributed by atoms with van der Waals surface area (Å²) in [5.41, 5.74) is 1.04. The molecule has 2 heterocycles. The molecule has 98 valence electrons. The molecule has 19 heavy (non-hydrogen) atoms. The van der Waals surface area contributed by atoms with Crippen LogP contribution < -0.4 is 5.56 Å². The number of carboxylic acid groups (broad SMARTS) is 1. The molecule has 0 radical (unpaired) electrons. The lowest BCUT2D eigenvalue weighted by Crippen LogP contribution is -2.25. The summed E-state index contributed by atoms with van der Waals surface area (Å²) in [6, 6.07) is 2.84. The number of carboxylic acids is 1. The quantitative estimate of drug-likeness (QED) is 0.902. The Labute approximate surface area is 108 Å².